The Kier molecular flexibility index (Phi) is 6.40. The Balaban J connectivity index is 2.02. The van der Waals surface area contributed by atoms with Crippen molar-refractivity contribution >= 4 is 16.1 Å². The fourth-order valence-corrected chi connectivity index (χ4v) is 4.39. The molecule has 2 aliphatic rings. The Labute approximate surface area is 147 Å². The number of alkyl halides is 2. The Morgan fingerprint density at radius 1 is 1.36 bits per heavy atom. The summed E-state index contributed by atoms with van der Waals surface area (Å²) in [7, 11) is 0.791. The third kappa shape index (κ3) is 5.08. The highest BCUT2D eigenvalue weighted by Crippen LogP contribution is 2.40. The second-order valence-corrected chi connectivity index (χ2v) is 9.01. The van der Waals surface area contributed by atoms with Gasteiger partial charge in [0.15, 0.2) is 0 Å². The molecule has 0 radical (unpaired) electrons. The number of methoxy groups -OCH3 is 1. The van der Waals surface area contributed by atoms with Gasteiger partial charge in [-0.1, -0.05) is 0 Å². The molecule has 1 saturated carbocycles. The van der Waals surface area contributed by atoms with Crippen LogP contribution in [0.1, 0.15) is 25.7 Å². The molecule has 0 aromatic rings. The highest BCUT2D eigenvalue weighted by Gasteiger charge is 2.45. The topological polar surface area (TPSA) is 79.0 Å². The molecule has 1 N–H and O–H groups in total. The molecule has 0 bridgehead atoms. The lowest BCUT2D eigenvalue weighted by atomic mass is 9.92. The highest BCUT2D eigenvalue weighted by molar-refractivity contribution is 7.87. The summed E-state index contributed by atoms with van der Waals surface area (Å²) >= 11 is 0. The van der Waals surface area contributed by atoms with Crippen LogP contribution in [-0.2, 0) is 19.7 Å². The summed E-state index contributed by atoms with van der Waals surface area (Å²) in [6, 6.07) is -0.360. The van der Waals surface area contributed by atoms with E-state index in [1.807, 2.05) is 0 Å². The van der Waals surface area contributed by atoms with Crippen molar-refractivity contribution in [3.8, 4) is 0 Å². The highest BCUT2D eigenvalue weighted by atomic mass is 32.2. The fourth-order valence-electron chi connectivity index (χ4n) is 3.49. The lowest BCUT2D eigenvalue weighted by molar-refractivity contribution is -0.139. The van der Waals surface area contributed by atoms with E-state index in [0.717, 1.165) is 4.31 Å². The van der Waals surface area contributed by atoms with Crippen molar-refractivity contribution in [1.29, 1.82) is 0 Å². The third-order valence-electron chi connectivity index (χ3n) is 4.96. The Morgan fingerprint density at radius 2 is 2.04 bits per heavy atom. The van der Waals surface area contributed by atoms with Gasteiger partial charge < -0.3 is 9.64 Å². The van der Waals surface area contributed by atoms with Crippen LogP contribution in [0.5, 0.6) is 0 Å². The molecule has 3 atom stereocenters. The zero-order valence-electron chi connectivity index (χ0n) is 14.9. The first kappa shape index (κ1) is 20.5. The third-order valence-corrected chi connectivity index (χ3v) is 6.52. The summed E-state index contributed by atoms with van der Waals surface area (Å²) in [6.45, 7) is 0.933. The number of rotatable bonds is 6. The molecule has 0 aromatic carbocycles. The Morgan fingerprint density at radius 3 is 2.56 bits per heavy atom. The van der Waals surface area contributed by atoms with Crippen molar-refractivity contribution in [1.82, 2.24) is 13.9 Å². The quantitative estimate of drug-likeness (QED) is 0.732. The number of carbonyl (C=O) groups excluding carboxylic acids is 1. The average molecular weight is 383 g/mol. The lowest BCUT2D eigenvalue weighted by Crippen LogP contribution is -2.55. The standard InChI is InChI=1S/C15H27F2N3O4S/c1-19(2)25(22,23)18-13-5-7-20(9-12(13)10-24-3)14(21)11-4-6-15(16,17)8-11/h11-13,18H,4-10H2,1-3H3/t11?,12-,13-/m0/s1. The molecule has 0 aromatic heterocycles. The fraction of sp³-hybridized carbons (Fsp3) is 0.933. The first-order valence-corrected chi connectivity index (χ1v) is 9.85. The number of hydrogen-bond acceptors (Lipinski definition) is 4. The molecule has 2 fully saturated rings. The van der Waals surface area contributed by atoms with E-state index in [0.29, 0.717) is 19.5 Å². The minimum absolute atomic E-state index is 0.202. The zero-order valence-corrected chi connectivity index (χ0v) is 15.7. The second kappa shape index (κ2) is 7.81. The van der Waals surface area contributed by atoms with Crippen LogP contribution in [0.2, 0.25) is 0 Å². The van der Waals surface area contributed by atoms with E-state index in [1.165, 1.54) is 21.2 Å². The van der Waals surface area contributed by atoms with Gasteiger partial charge in [0.1, 0.15) is 0 Å². The van der Waals surface area contributed by atoms with Gasteiger partial charge >= 0.3 is 0 Å². The van der Waals surface area contributed by atoms with Gasteiger partial charge in [-0.2, -0.15) is 17.4 Å². The van der Waals surface area contributed by atoms with Crippen LogP contribution in [0.3, 0.4) is 0 Å². The zero-order chi connectivity index (χ0) is 18.8. The van der Waals surface area contributed by atoms with E-state index in [-0.39, 0.29) is 37.3 Å². The van der Waals surface area contributed by atoms with Crippen LogP contribution in [0.4, 0.5) is 8.78 Å². The largest absolute Gasteiger partial charge is 0.384 e. The van der Waals surface area contributed by atoms with Gasteiger partial charge in [0.2, 0.25) is 11.8 Å². The number of hydrogen-bond donors (Lipinski definition) is 1. The first-order valence-electron chi connectivity index (χ1n) is 8.41. The van der Waals surface area contributed by atoms with Crippen molar-refractivity contribution in [3.05, 3.63) is 0 Å². The number of carbonyl (C=O) groups is 1. The number of ether oxygens (including phenoxy) is 1. The second-order valence-electron chi connectivity index (χ2n) is 7.10. The molecule has 25 heavy (non-hydrogen) atoms. The van der Waals surface area contributed by atoms with Crippen LogP contribution in [0.15, 0.2) is 0 Å². The molecule has 7 nitrogen and oxygen atoms in total. The molecule has 1 amide bonds. The van der Waals surface area contributed by atoms with Crippen molar-refractivity contribution in [3.63, 3.8) is 0 Å². The molecule has 1 aliphatic heterocycles. The summed E-state index contributed by atoms with van der Waals surface area (Å²) in [5.41, 5.74) is 0. The summed E-state index contributed by atoms with van der Waals surface area (Å²) < 4.78 is 59.7. The molecule has 1 saturated heterocycles. The molecular formula is C15H27F2N3O4S. The SMILES string of the molecule is COC[C@@H]1CN(C(=O)C2CCC(F)(F)C2)CC[C@@H]1NS(=O)(=O)N(C)C. The predicted octanol–water partition coefficient (Wildman–Crippen LogP) is 0.681. The van der Waals surface area contributed by atoms with E-state index in [9.17, 15) is 22.0 Å². The van der Waals surface area contributed by atoms with Crippen LogP contribution in [-0.4, -0.2) is 76.4 Å². The number of nitrogens with one attached hydrogen (secondary N) is 1. The van der Waals surface area contributed by atoms with Crippen molar-refractivity contribution in [2.75, 3.05) is 40.9 Å². The van der Waals surface area contributed by atoms with Crippen LogP contribution in [0.25, 0.3) is 0 Å². The van der Waals surface area contributed by atoms with E-state index in [2.05, 4.69) is 4.72 Å². The number of nitrogens with zero attached hydrogens (tertiary/aromatic N) is 2. The first-order chi connectivity index (χ1) is 11.6. The van der Waals surface area contributed by atoms with Crippen LogP contribution in [0, 0.1) is 11.8 Å². The van der Waals surface area contributed by atoms with Gasteiger partial charge in [-0.3, -0.25) is 4.79 Å². The molecule has 1 heterocycles. The molecule has 10 heteroatoms. The van der Waals surface area contributed by atoms with E-state index >= 15 is 0 Å². The van der Waals surface area contributed by atoms with Gasteiger partial charge in [0.05, 0.1) is 6.61 Å². The van der Waals surface area contributed by atoms with Crippen molar-refractivity contribution < 1.29 is 26.7 Å². The monoisotopic (exact) mass is 383 g/mol. The number of amides is 1. The maximum Gasteiger partial charge on any atom is 0.279 e. The number of halogens is 2. The van der Waals surface area contributed by atoms with Gasteiger partial charge in [0, 0.05) is 65.0 Å². The maximum absolute atomic E-state index is 13.4. The summed E-state index contributed by atoms with van der Waals surface area (Å²) in [5.74, 6) is -3.88. The Bertz CT molecular complexity index is 585. The van der Waals surface area contributed by atoms with Crippen LogP contribution < -0.4 is 4.72 Å². The van der Waals surface area contributed by atoms with Gasteiger partial charge in [-0.15, -0.1) is 0 Å². The summed E-state index contributed by atoms with van der Waals surface area (Å²) in [6.07, 6.45) is -0.0120. The normalized spacial score (nSPS) is 30.0. The minimum atomic E-state index is -3.59. The molecule has 1 unspecified atom stereocenters. The molecular weight excluding hydrogens is 356 g/mol. The lowest BCUT2D eigenvalue weighted by Gasteiger charge is -2.39. The molecule has 1 aliphatic carbocycles. The molecule has 2 rings (SSSR count). The van der Waals surface area contributed by atoms with Crippen LogP contribution >= 0.6 is 0 Å². The smallest absolute Gasteiger partial charge is 0.279 e. The van der Waals surface area contributed by atoms with E-state index < -0.39 is 28.5 Å². The van der Waals surface area contributed by atoms with E-state index in [1.54, 1.807) is 4.90 Å². The summed E-state index contributed by atoms with van der Waals surface area (Å²) in [4.78, 5) is 14.1. The Hall–Kier alpha value is -0.840. The number of piperidine rings is 1. The number of likely N-dealkylation sites (tertiary alicyclic amines) is 1. The van der Waals surface area contributed by atoms with Crippen molar-refractivity contribution in [2.45, 2.75) is 37.6 Å². The van der Waals surface area contributed by atoms with Crippen molar-refractivity contribution in [2.24, 2.45) is 11.8 Å². The average Bonchev–Trinajstić information content (AvgIpc) is 2.88. The maximum atomic E-state index is 13.4. The predicted molar refractivity (Wildman–Crippen MR) is 88.4 cm³/mol. The molecule has 0 spiro atoms. The minimum Gasteiger partial charge on any atom is -0.384 e. The van der Waals surface area contributed by atoms with Gasteiger partial charge in [-0.25, -0.2) is 8.78 Å². The van der Waals surface area contributed by atoms with Gasteiger partial charge in [-0.05, 0) is 12.8 Å². The molecule has 146 valence electrons. The summed E-state index contributed by atoms with van der Waals surface area (Å²) in [5, 5.41) is 0. The van der Waals surface area contributed by atoms with Gasteiger partial charge in [0.25, 0.3) is 10.2 Å². The van der Waals surface area contributed by atoms with E-state index in [4.69, 9.17) is 4.74 Å².